The van der Waals surface area contributed by atoms with E-state index in [9.17, 15) is 5.11 Å². The zero-order valence-corrected chi connectivity index (χ0v) is 20.5. The Bertz CT molecular complexity index is 1160. The summed E-state index contributed by atoms with van der Waals surface area (Å²) in [7, 11) is 3.36. The molecule has 184 valence electrons. The molecule has 2 heterocycles. The summed E-state index contributed by atoms with van der Waals surface area (Å²) >= 11 is 0. The molecule has 1 atom stereocenters. The maximum Gasteiger partial charge on any atom is 0.165 e. The van der Waals surface area contributed by atoms with Gasteiger partial charge in [0, 0.05) is 31.1 Å². The van der Waals surface area contributed by atoms with Crippen LogP contribution in [-0.4, -0.2) is 50.6 Å². The average molecular weight is 476 g/mol. The van der Waals surface area contributed by atoms with Gasteiger partial charge in [-0.25, -0.2) is 0 Å². The monoisotopic (exact) mass is 475 g/mol. The van der Waals surface area contributed by atoms with Gasteiger partial charge in [0.25, 0.3) is 0 Å². The van der Waals surface area contributed by atoms with Gasteiger partial charge < -0.3 is 24.1 Å². The van der Waals surface area contributed by atoms with Gasteiger partial charge >= 0.3 is 0 Å². The minimum atomic E-state index is -0.0297. The van der Waals surface area contributed by atoms with Crippen LogP contribution >= 0.6 is 0 Å². The van der Waals surface area contributed by atoms with Crippen LogP contribution in [0.15, 0.2) is 54.6 Å². The normalized spacial score (nSPS) is 16.6. The second-order valence-corrected chi connectivity index (χ2v) is 9.03. The van der Waals surface area contributed by atoms with E-state index in [4.69, 9.17) is 18.9 Å². The molecule has 0 fully saturated rings. The number of hydrogen-bond donors (Lipinski definition) is 1. The van der Waals surface area contributed by atoms with Crippen molar-refractivity contribution in [1.29, 1.82) is 0 Å². The van der Waals surface area contributed by atoms with Crippen molar-refractivity contribution in [2.75, 3.05) is 40.6 Å². The van der Waals surface area contributed by atoms with E-state index in [0.717, 1.165) is 49.6 Å². The topological polar surface area (TPSA) is 60.4 Å². The molecule has 3 aromatic rings. The fourth-order valence-electron chi connectivity index (χ4n) is 5.27. The largest absolute Gasteiger partial charge is 0.493 e. The standard InChI is InChI=1S/C29H33NO5/c1-32-26-9-8-21-16-25-23-18-28(34-15-13-31)27(33-2)17-22(23)10-12-30(25)19-24(21)29(26)35-14-11-20-6-4-3-5-7-20/h3-9,17-18,25,31H,10-16,19H2,1-2H3. The summed E-state index contributed by atoms with van der Waals surface area (Å²) in [5, 5.41) is 9.23. The van der Waals surface area contributed by atoms with Gasteiger partial charge in [-0.2, -0.15) is 0 Å². The van der Waals surface area contributed by atoms with E-state index in [-0.39, 0.29) is 19.3 Å². The molecule has 0 saturated carbocycles. The van der Waals surface area contributed by atoms with Crippen LogP contribution in [-0.2, 0) is 25.8 Å². The van der Waals surface area contributed by atoms with E-state index >= 15 is 0 Å². The Morgan fingerprint density at radius 2 is 1.71 bits per heavy atom. The second kappa shape index (κ2) is 10.6. The van der Waals surface area contributed by atoms with Crippen molar-refractivity contribution in [2.24, 2.45) is 0 Å². The highest BCUT2D eigenvalue weighted by atomic mass is 16.5. The number of fused-ring (bicyclic) bond motifs is 4. The van der Waals surface area contributed by atoms with Crippen LogP contribution in [0.4, 0.5) is 0 Å². The van der Waals surface area contributed by atoms with Crippen LogP contribution in [0.25, 0.3) is 0 Å². The summed E-state index contributed by atoms with van der Waals surface area (Å²) < 4.78 is 23.4. The average Bonchev–Trinajstić information content (AvgIpc) is 2.91. The molecule has 0 saturated heterocycles. The molecule has 0 aliphatic carbocycles. The van der Waals surface area contributed by atoms with Gasteiger partial charge in [-0.15, -0.1) is 0 Å². The molecule has 5 rings (SSSR count). The first kappa shape index (κ1) is 23.5. The lowest BCUT2D eigenvalue weighted by molar-refractivity contribution is 0.155. The quantitative estimate of drug-likeness (QED) is 0.497. The number of aliphatic hydroxyl groups is 1. The third-order valence-electron chi connectivity index (χ3n) is 7.04. The Kier molecular flexibility index (Phi) is 7.11. The van der Waals surface area contributed by atoms with Crippen molar-refractivity contribution in [3.05, 3.63) is 82.4 Å². The molecular weight excluding hydrogens is 442 g/mol. The molecule has 2 aliphatic rings. The lowest BCUT2D eigenvalue weighted by Gasteiger charge is -2.42. The summed E-state index contributed by atoms with van der Waals surface area (Å²) in [6, 6.07) is 19.1. The third-order valence-corrected chi connectivity index (χ3v) is 7.04. The van der Waals surface area contributed by atoms with E-state index in [1.807, 2.05) is 12.1 Å². The molecule has 0 bridgehead atoms. The maximum atomic E-state index is 9.23. The summed E-state index contributed by atoms with van der Waals surface area (Å²) in [6.07, 6.45) is 2.70. The highest BCUT2D eigenvalue weighted by Gasteiger charge is 2.35. The predicted molar refractivity (Wildman–Crippen MR) is 135 cm³/mol. The number of aliphatic hydroxyl groups excluding tert-OH is 1. The predicted octanol–water partition coefficient (Wildman–Crippen LogP) is 4.35. The van der Waals surface area contributed by atoms with Gasteiger partial charge in [-0.05, 0) is 53.3 Å². The number of nitrogens with zero attached hydrogens (tertiary/aromatic N) is 1. The minimum Gasteiger partial charge on any atom is -0.493 e. The summed E-state index contributed by atoms with van der Waals surface area (Å²) in [4.78, 5) is 2.52. The van der Waals surface area contributed by atoms with E-state index in [1.165, 1.54) is 27.8 Å². The molecule has 0 aromatic heterocycles. The lowest BCUT2D eigenvalue weighted by Crippen LogP contribution is -2.39. The molecule has 6 heteroatoms. The Hall–Kier alpha value is -3.22. The maximum absolute atomic E-state index is 9.23. The first-order valence-electron chi connectivity index (χ1n) is 12.3. The summed E-state index contributed by atoms with van der Waals surface area (Å²) in [6.45, 7) is 2.61. The second-order valence-electron chi connectivity index (χ2n) is 9.03. The first-order valence-corrected chi connectivity index (χ1v) is 12.3. The number of methoxy groups -OCH3 is 2. The molecule has 3 aromatic carbocycles. The zero-order valence-electron chi connectivity index (χ0n) is 20.5. The van der Waals surface area contributed by atoms with Crippen LogP contribution < -0.4 is 18.9 Å². The van der Waals surface area contributed by atoms with Crippen LogP contribution in [0, 0.1) is 0 Å². The minimum absolute atomic E-state index is 0.0297. The Morgan fingerprint density at radius 3 is 2.49 bits per heavy atom. The lowest BCUT2D eigenvalue weighted by atomic mass is 9.83. The van der Waals surface area contributed by atoms with Crippen LogP contribution in [0.5, 0.6) is 23.0 Å². The molecule has 35 heavy (non-hydrogen) atoms. The smallest absolute Gasteiger partial charge is 0.165 e. The Morgan fingerprint density at radius 1 is 0.886 bits per heavy atom. The molecule has 2 aliphatic heterocycles. The first-order chi connectivity index (χ1) is 17.2. The van der Waals surface area contributed by atoms with Crippen LogP contribution in [0.1, 0.15) is 33.9 Å². The van der Waals surface area contributed by atoms with Crippen molar-refractivity contribution in [3.8, 4) is 23.0 Å². The number of hydrogen-bond acceptors (Lipinski definition) is 6. The summed E-state index contributed by atoms with van der Waals surface area (Å²) in [5.41, 5.74) is 6.36. The fourth-order valence-corrected chi connectivity index (χ4v) is 5.27. The molecular formula is C29H33NO5. The van der Waals surface area contributed by atoms with Gasteiger partial charge in [-0.1, -0.05) is 36.4 Å². The van der Waals surface area contributed by atoms with Gasteiger partial charge in [0.2, 0.25) is 0 Å². The Labute approximate surface area is 207 Å². The van der Waals surface area contributed by atoms with Crippen LogP contribution in [0.3, 0.4) is 0 Å². The van der Waals surface area contributed by atoms with Gasteiger partial charge in [0.15, 0.2) is 23.0 Å². The van der Waals surface area contributed by atoms with Gasteiger partial charge in [0.05, 0.1) is 27.4 Å². The zero-order chi connectivity index (χ0) is 24.2. The molecule has 1 unspecified atom stereocenters. The van der Waals surface area contributed by atoms with E-state index in [2.05, 4.69) is 47.4 Å². The highest BCUT2D eigenvalue weighted by Crippen LogP contribution is 2.46. The van der Waals surface area contributed by atoms with Crippen LogP contribution in [0.2, 0.25) is 0 Å². The van der Waals surface area contributed by atoms with Crippen molar-refractivity contribution in [2.45, 2.75) is 31.8 Å². The van der Waals surface area contributed by atoms with Crippen molar-refractivity contribution in [1.82, 2.24) is 4.90 Å². The SMILES string of the molecule is COc1cc2c(cc1OCCO)C1Cc3ccc(OC)c(OCCc4ccccc4)c3CN1CC2. The molecule has 0 spiro atoms. The molecule has 6 nitrogen and oxygen atoms in total. The fraction of sp³-hybridized carbons (Fsp3) is 0.379. The Balaban J connectivity index is 1.42. The van der Waals surface area contributed by atoms with E-state index < -0.39 is 0 Å². The van der Waals surface area contributed by atoms with E-state index in [1.54, 1.807) is 14.2 Å². The molecule has 0 radical (unpaired) electrons. The number of ether oxygens (including phenoxy) is 4. The van der Waals surface area contributed by atoms with Gasteiger partial charge in [0.1, 0.15) is 6.61 Å². The van der Waals surface area contributed by atoms with Crippen molar-refractivity contribution < 1.29 is 24.1 Å². The summed E-state index contributed by atoms with van der Waals surface area (Å²) in [5.74, 6) is 3.07. The number of benzene rings is 3. The molecule has 0 amide bonds. The molecule has 1 N–H and O–H groups in total. The van der Waals surface area contributed by atoms with E-state index in [0.29, 0.717) is 12.4 Å². The highest BCUT2D eigenvalue weighted by molar-refractivity contribution is 5.55. The van der Waals surface area contributed by atoms with Crippen molar-refractivity contribution in [3.63, 3.8) is 0 Å². The number of rotatable bonds is 9. The van der Waals surface area contributed by atoms with Gasteiger partial charge in [-0.3, -0.25) is 4.90 Å². The third kappa shape index (κ3) is 4.81. The van der Waals surface area contributed by atoms with Crippen molar-refractivity contribution >= 4 is 0 Å².